The fourth-order valence-corrected chi connectivity index (χ4v) is 3.02. The number of anilines is 1. The molecule has 2 saturated heterocycles. The first-order valence-electron chi connectivity index (χ1n) is 6.87. The van der Waals surface area contributed by atoms with Crippen molar-refractivity contribution in [1.82, 2.24) is 10.3 Å². The van der Waals surface area contributed by atoms with Crippen LogP contribution in [-0.2, 0) is 4.79 Å². The molecule has 2 unspecified atom stereocenters. The Morgan fingerprint density at radius 3 is 2.95 bits per heavy atom. The molecule has 0 aromatic carbocycles. The predicted molar refractivity (Wildman–Crippen MR) is 72.7 cm³/mol. The molecule has 6 nitrogen and oxygen atoms in total. The molecule has 2 aliphatic rings. The lowest BCUT2D eigenvalue weighted by molar-refractivity contribution is -0.124. The molecule has 0 saturated carbocycles. The van der Waals surface area contributed by atoms with Crippen LogP contribution >= 0.6 is 0 Å². The van der Waals surface area contributed by atoms with Gasteiger partial charge in [0.25, 0.3) is 0 Å². The van der Waals surface area contributed by atoms with Gasteiger partial charge < -0.3 is 15.3 Å². The average molecular weight is 275 g/mol. The first-order valence-corrected chi connectivity index (χ1v) is 6.87. The highest BCUT2D eigenvalue weighted by atomic mass is 16.4. The van der Waals surface area contributed by atoms with Crippen LogP contribution < -0.4 is 10.2 Å². The Balaban J connectivity index is 1.69. The Morgan fingerprint density at radius 1 is 1.40 bits per heavy atom. The quantitative estimate of drug-likeness (QED) is 0.837. The maximum Gasteiger partial charge on any atom is 0.337 e. The minimum absolute atomic E-state index is 0.156. The van der Waals surface area contributed by atoms with E-state index in [0.717, 1.165) is 31.7 Å². The molecule has 1 aromatic heterocycles. The first kappa shape index (κ1) is 12.9. The third-order valence-electron chi connectivity index (χ3n) is 4.14. The summed E-state index contributed by atoms with van der Waals surface area (Å²) in [5, 5.41) is 11.9. The topological polar surface area (TPSA) is 82.5 Å². The zero-order valence-electron chi connectivity index (χ0n) is 11.1. The number of amides is 1. The summed E-state index contributed by atoms with van der Waals surface area (Å²) in [5.74, 6) is 0.467. The van der Waals surface area contributed by atoms with E-state index >= 15 is 0 Å². The standard InChI is InChI=1S/C14H17N3O3/c18-13-4-2-10-8-17(6-5-11(10)16-13)12-3-1-9(7-15-12)14(19)20/h1,3,7,10-11H,2,4-6,8H2,(H,16,18)(H,19,20). The van der Waals surface area contributed by atoms with Crippen LogP contribution in [0.25, 0.3) is 0 Å². The van der Waals surface area contributed by atoms with Crippen LogP contribution in [0.2, 0.25) is 0 Å². The maximum atomic E-state index is 11.4. The highest BCUT2D eigenvalue weighted by Crippen LogP contribution is 2.27. The number of hydrogen-bond acceptors (Lipinski definition) is 4. The van der Waals surface area contributed by atoms with Gasteiger partial charge in [-0.2, -0.15) is 0 Å². The van der Waals surface area contributed by atoms with Crippen LogP contribution in [-0.4, -0.2) is 41.1 Å². The second-order valence-electron chi connectivity index (χ2n) is 5.42. The zero-order chi connectivity index (χ0) is 14.1. The number of aromatic carboxylic acids is 1. The monoisotopic (exact) mass is 275 g/mol. The van der Waals surface area contributed by atoms with E-state index in [0.29, 0.717) is 12.3 Å². The van der Waals surface area contributed by atoms with Gasteiger partial charge in [0.1, 0.15) is 5.82 Å². The molecule has 0 aliphatic carbocycles. The molecule has 0 spiro atoms. The lowest BCUT2D eigenvalue weighted by atomic mass is 9.85. The molecular formula is C14H17N3O3. The van der Waals surface area contributed by atoms with Gasteiger partial charge in [0.05, 0.1) is 5.56 Å². The van der Waals surface area contributed by atoms with Crippen LogP contribution in [0.15, 0.2) is 18.3 Å². The first-order chi connectivity index (χ1) is 9.63. The van der Waals surface area contributed by atoms with Crippen molar-refractivity contribution in [2.75, 3.05) is 18.0 Å². The molecule has 3 rings (SSSR count). The van der Waals surface area contributed by atoms with Crippen molar-refractivity contribution in [1.29, 1.82) is 0 Å². The predicted octanol–water partition coefficient (Wildman–Crippen LogP) is 0.885. The van der Waals surface area contributed by atoms with Gasteiger partial charge in [-0.3, -0.25) is 4.79 Å². The summed E-state index contributed by atoms with van der Waals surface area (Å²) >= 11 is 0. The molecule has 3 heterocycles. The fraction of sp³-hybridized carbons (Fsp3) is 0.500. The van der Waals surface area contributed by atoms with Gasteiger partial charge in [-0.05, 0) is 30.9 Å². The van der Waals surface area contributed by atoms with E-state index in [-0.39, 0.29) is 17.5 Å². The SMILES string of the molecule is O=C1CCC2CN(c3ccc(C(=O)O)cn3)CCC2N1. The number of hydrogen-bond donors (Lipinski definition) is 2. The number of aromatic nitrogens is 1. The third-order valence-corrected chi connectivity index (χ3v) is 4.14. The van der Waals surface area contributed by atoms with Gasteiger partial charge in [-0.1, -0.05) is 0 Å². The van der Waals surface area contributed by atoms with Crippen molar-refractivity contribution in [3.8, 4) is 0 Å². The number of piperidine rings is 2. The molecule has 1 aromatic rings. The van der Waals surface area contributed by atoms with Crippen molar-refractivity contribution in [3.63, 3.8) is 0 Å². The van der Waals surface area contributed by atoms with Crippen LogP contribution in [0.3, 0.4) is 0 Å². The molecule has 0 bridgehead atoms. The van der Waals surface area contributed by atoms with Gasteiger partial charge >= 0.3 is 5.97 Å². The second kappa shape index (κ2) is 5.11. The number of carbonyl (C=O) groups excluding carboxylic acids is 1. The number of rotatable bonds is 2. The summed E-state index contributed by atoms with van der Waals surface area (Å²) in [4.78, 5) is 28.6. The average Bonchev–Trinajstić information content (AvgIpc) is 2.47. The number of carbonyl (C=O) groups is 2. The number of nitrogens with one attached hydrogen (secondary N) is 1. The summed E-state index contributed by atoms with van der Waals surface area (Å²) in [6, 6.07) is 3.62. The van der Waals surface area contributed by atoms with Crippen LogP contribution in [0.5, 0.6) is 0 Å². The lowest BCUT2D eigenvalue weighted by Gasteiger charge is -2.41. The van der Waals surface area contributed by atoms with Gasteiger partial charge in [-0.15, -0.1) is 0 Å². The number of carboxylic acids is 1. The molecular weight excluding hydrogens is 258 g/mol. The third kappa shape index (κ3) is 2.45. The van der Waals surface area contributed by atoms with Gasteiger partial charge in [0.15, 0.2) is 0 Å². The van der Waals surface area contributed by atoms with Crippen LogP contribution in [0, 0.1) is 5.92 Å². The highest BCUT2D eigenvalue weighted by molar-refractivity contribution is 5.87. The van der Waals surface area contributed by atoms with E-state index in [9.17, 15) is 9.59 Å². The Morgan fingerprint density at radius 2 is 2.25 bits per heavy atom. The van der Waals surface area contributed by atoms with Crippen molar-refractivity contribution in [3.05, 3.63) is 23.9 Å². The summed E-state index contributed by atoms with van der Waals surface area (Å²) < 4.78 is 0. The van der Waals surface area contributed by atoms with Crippen molar-refractivity contribution in [2.24, 2.45) is 5.92 Å². The van der Waals surface area contributed by atoms with E-state index in [1.807, 2.05) is 0 Å². The van der Waals surface area contributed by atoms with E-state index in [1.54, 1.807) is 12.1 Å². The molecule has 2 aliphatic heterocycles. The number of fused-ring (bicyclic) bond motifs is 1. The zero-order valence-corrected chi connectivity index (χ0v) is 11.1. The molecule has 2 N–H and O–H groups in total. The fourth-order valence-electron chi connectivity index (χ4n) is 3.02. The summed E-state index contributed by atoms with van der Waals surface area (Å²) in [6.07, 6.45) is 3.83. The molecule has 106 valence electrons. The lowest BCUT2D eigenvalue weighted by Crippen LogP contribution is -2.54. The van der Waals surface area contributed by atoms with Crippen molar-refractivity contribution >= 4 is 17.7 Å². The summed E-state index contributed by atoms with van der Waals surface area (Å²) in [5.41, 5.74) is 0.202. The largest absolute Gasteiger partial charge is 0.478 e. The minimum Gasteiger partial charge on any atom is -0.478 e. The Bertz CT molecular complexity index is 529. The number of pyridine rings is 1. The molecule has 2 fully saturated rings. The molecule has 1 amide bonds. The normalized spacial score (nSPS) is 25.8. The smallest absolute Gasteiger partial charge is 0.337 e. The van der Waals surface area contributed by atoms with Crippen LogP contribution in [0.1, 0.15) is 29.6 Å². The van der Waals surface area contributed by atoms with E-state index in [4.69, 9.17) is 5.11 Å². The molecule has 0 radical (unpaired) electrons. The molecule has 20 heavy (non-hydrogen) atoms. The van der Waals surface area contributed by atoms with Crippen LogP contribution in [0.4, 0.5) is 5.82 Å². The Kier molecular flexibility index (Phi) is 3.30. The van der Waals surface area contributed by atoms with Gasteiger partial charge in [0.2, 0.25) is 5.91 Å². The Labute approximate surface area is 116 Å². The number of nitrogens with zero attached hydrogens (tertiary/aromatic N) is 2. The van der Waals surface area contributed by atoms with E-state index < -0.39 is 5.97 Å². The molecule has 6 heteroatoms. The van der Waals surface area contributed by atoms with Gasteiger partial charge in [-0.25, -0.2) is 9.78 Å². The summed E-state index contributed by atoms with van der Waals surface area (Å²) in [7, 11) is 0. The highest BCUT2D eigenvalue weighted by Gasteiger charge is 2.34. The summed E-state index contributed by atoms with van der Waals surface area (Å²) in [6.45, 7) is 1.70. The van der Waals surface area contributed by atoms with Crippen molar-refractivity contribution in [2.45, 2.75) is 25.3 Å². The maximum absolute atomic E-state index is 11.4. The second-order valence-corrected chi connectivity index (χ2v) is 5.42. The van der Waals surface area contributed by atoms with E-state index in [1.165, 1.54) is 6.20 Å². The van der Waals surface area contributed by atoms with Crippen molar-refractivity contribution < 1.29 is 14.7 Å². The van der Waals surface area contributed by atoms with Gasteiger partial charge in [0, 0.05) is 31.7 Å². The minimum atomic E-state index is -0.960. The Hall–Kier alpha value is -2.11. The molecule has 2 atom stereocenters. The van der Waals surface area contributed by atoms with E-state index in [2.05, 4.69) is 15.2 Å². The number of carboxylic acid groups (broad SMARTS) is 1.